The van der Waals surface area contributed by atoms with Gasteiger partial charge in [-0.2, -0.15) is 0 Å². The number of hydrogen-bond donors (Lipinski definition) is 2. The van der Waals surface area contributed by atoms with Crippen molar-refractivity contribution in [2.24, 2.45) is 5.84 Å². The first-order chi connectivity index (χ1) is 10.2. The Kier molecular flexibility index (Phi) is 3.66. The van der Waals surface area contributed by atoms with Crippen LogP contribution >= 0.6 is 0 Å². The maximum Gasteiger partial charge on any atom is 0.301 e. The van der Waals surface area contributed by atoms with Gasteiger partial charge in [-0.1, -0.05) is 17.7 Å². The quantitative estimate of drug-likeness (QED) is 0.515. The van der Waals surface area contributed by atoms with E-state index in [9.17, 15) is 4.79 Å². The van der Waals surface area contributed by atoms with E-state index < -0.39 is 5.91 Å². The summed E-state index contributed by atoms with van der Waals surface area (Å²) >= 11 is 0. The molecule has 110 valence electrons. The molecule has 2 aromatic rings. The summed E-state index contributed by atoms with van der Waals surface area (Å²) in [5.41, 5.74) is 6.87. The van der Waals surface area contributed by atoms with Gasteiger partial charge in [0.05, 0.1) is 6.26 Å². The van der Waals surface area contributed by atoms with Crippen molar-refractivity contribution in [1.82, 2.24) is 5.43 Å². The van der Waals surface area contributed by atoms with Crippen molar-refractivity contribution in [3.8, 4) is 0 Å². The SMILES string of the molecule is Cc1ccc2c(c1)CCCN2Cc1ccoc1C(=O)NN. The number of hydrazine groups is 1. The average Bonchev–Trinajstić information content (AvgIpc) is 2.94. The van der Waals surface area contributed by atoms with Crippen LogP contribution in [-0.2, 0) is 13.0 Å². The lowest BCUT2D eigenvalue weighted by atomic mass is 9.99. The number of rotatable bonds is 3. The fourth-order valence-electron chi connectivity index (χ4n) is 2.90. The standard InChI is InChI=1S/C16H19N3O2/c1-11-4-5-14-12(9-11)3-2-7-19(14)10-13-6-8-21-15(13)16(20)18-17/h4-6,8-9H,2-3,7,10,17H2,1H3,(H,18,20). The lowest BCUT2D eigenvalue weighted by molar-refractivity contribution is 0.0924. The van der Waals surface area contributed by atoms with E-state index in [4.69, 9.17) is 10.3 Å². The van der Waals surface area contributed by atoms with Crippen LogP contribution in [0.5, 0.6) is 0 Å². The number of anilines is 1. The molecule has 5 nitrogen and oxygen atoms in total. The lowest BCUT2D eigenvalue weighted by Crippen LogP contribution is -2.32. The summed E-state index contributed by atoms with van der Waals surface area (Å²) in [6.07, 6.45) is 3.75. The fourth-order valence-corrected chi connectivity index (χ4v) is 2.90. The van der Waals surface area contributed by atoms with Crippen molar-refractivity contribution in [2.45, 2.75) is 26.3 Å². The van der Waals surface area contributed by atoms with Crippen LogP contribution in [-0.4, -0.2) is 12.5 Å². The van der Waals surface area contributed by atoms with E-state index >= 15 is 0 Å². The van der Waals surface area contributed by atoms with Crippen LogP contribution in [0.4, 0.5) is 5.69 Å². The molecule has 0 aliphatic carbocycles. The number of furan rings is 1. The molecule has 0 saturated carbocycles. The molecule has 1 aromatic carbocycles. The largest absolute Gasteiger partial charge is 0.459 e. The Morgan fingerprint density at radius 1 is 1.43 bits per heavy atom. The molecule has 0 fully saturated rings. The van der Waals surface area contributed by atoms with Crippen molar-refractivity contribution in [3.63, 3.8) is 0 Å². The molecule has 1 aliphatic heterocycles. The smallest absolute Gasteiger partial charge is 0.301 e. The van der Waals surface area contributed by atoms with Crippen molar-refractivity contribution < 1.29 is 9.21 Å². The Morgan fingerprint density at radius 3 is 3.10 bits per heavy atom. The van der Waals surface area contributed by atoms with E-state index in [-0.39, 0.29) is 5.76 Å². The molecule has 1 amide bonds. The first kappa shape index (κ1) is 13.7. The van der Waals surface area contributed by atoms with E-state index in [0.29, 0.717) is 6.54 Å². The predicted octanol–water partition coefficient (Wildman–Crippen LogP) is 2.14. The first-order valence-corrected chi connectivity index (χ1v) is 7.11. The first-order valence-electron chi connectivity index (χ1n) is 7.11. The Labute approximate surface area is 123 Å². The van der Waals surface area contributed by atoms with E-state index in [0.717, 1.165) is 24.9 Å². The molecule has 21 heavy (non-hydrogen) atoms. The molecule has 3 N–H and O–H groups in total. The van der Waals surface area contributed by atoms with Gasteiger partial charge in [0.25, 0.3) is 0 Å². The number of benzene rings is 1. The minimum absolute atomic E-state index is 0.289. The number of nitrogen functional groups attached to an aromatic ring is 1. The predicted molar refractivity (Wildman–Crippen MR) is 80.9 cm³/mol. The van der Waals surface area contributed by atoms with E-state index in [1.165, 1.54) is 23.1 Å². The molecule has 0 bridgehead atoms. The van der Waals surface area contributed by atoms with Crippen LogP contribution in [0.1, 0.15) is 33.7 Å². The van der Waals surface area contributed by atoms with E-state index in [1.54, 1.807) is 0 Å². The molecule has 0 atom stereocenters. The van der Waals surface area contributed by atoms with Crippen LogP contribution in [0.3, 0.4) is 0 Å². The average molecular weight is 285 g/mol. The van der Waals surface area contributed by atoms with Crippen molar-refractivity contribution in [2.75, 3.05) is 11.4 Å². The fraction of sp³-hybridized carbons (Fsp3) is 0.312. The number of hydrogen-bond acceptors (Lipinski definition) is 4. The second kappa shape index (κ2) is 5.61. The van der Waals surface area contributed by atoms with Crippen LogP contribution in [0, 0.1) is 6.92 Å². The molecule has 0 spiro atoms. The van der Waals surface area contributed by atoms with Crippen molar-refractivity contribution in [3.05, 3.63) is 53.0 Å². The van der Waals surface area contributed by atoms with Gasteiger partial charge in [0, 0.05) is 24.3 Å². The Balaban J connectivity index is 1.87. The van der Waals surface area contributed by atoms with Gasteiger partial charge in [0.1, 0.15) is 0 Å². The van der Waals surface area contributed by atoms with Crippen molar-refractivity contribution >= 4 is 11.6 Å². The topological polar surface area (TPSA) is 71.5 Å². The third kappa shape index (κ3) is 2.64. The number of fused-ring (bicyclic) bond motifs is 1. The zero-order chi connectivity index (χ0) is 14.8. The number of carbonyl (C=O) groups excluding carboxylic acids is 1. The number of nitrogens with two attached hydrogens (primary N) is 1. The van der Waals surface area contributed by atoms with Gasteiger partial charge in [-0.15, -0.1) is 0 Å². The molecular formula is C16H19N3O2. The molecular weight excluding hydrogens is 266 g/mol. The highest BCUT2D eigenvalue weighted by atomic mass is 16.3. The highest BCUT2D eigenvalue weighted by Gasteiger charge is 2.21. The summed E-state index contributed by atoms with van der Waals surface area (Å²) in [7, 11) is 0. The lowest BCUT2D eigenvalue weighted by Gasteiger charge is -2.31. The van der Waals surface area contributed by atoms with E-state index in [1.807, 2.05) is 6.07 Å². The number of aryl methyl sites for hydroxylation is 2. The summed E-state index contributed by atoms with van der Waals surface area (Å²) in [6.45, 7) is 3.74. The van der Waals surface area contributed by atoms with Gasteiger partial charge in [-0.3, -0.25) is 10.2 Å². The van der Waals surface area contributed by atoms with Gasteiger partial charge in [0.2, 0.25) is 0 Å². The number of nitrogens with one attached hydrogen (secondary N) is 1. The molecule has 3 rings (SSSR count). The summed E-state index contributed by atoms with van der Waals surface area (Å²) in [5.74, 6) is 5.08. The Hall–Kier alpha value is -2.27. The third-order valence-corrected chi connectivity index (χ3v) is 3.90. The maximum absolute atomic E-state index is 11.7. The van der Waals surface area contributed by atoms with Crippen molar-refractivity contribution in [1.29, 1.82) is 0 Å². The van der Waals surface area contributed by atoms with Gasteiger partial charge < -0.3 is 9.32 Å². The third-order valence-electron chi connectivity index (χ3n) is 3.90. The van der Waals surface area contributed by atoms with Gasteiger partial charge in [0.15, 0.2) is 5.76 Å². The van der Waals surface area contributed by atoms with Crippen LogP contribution in [0.15, 0.2) is 34.9 Å². The number of amides is 1. The Morgan fingerprint density at radius 2 is 2.29 bits per heavy atom. The monoisotopic (exact) mass is 285 g/mol. The van der Waals surface area contributed by atoms with Crippen LogP contribution in [0.2, 0.25) is 0 Å². The van der Waals surface area contributed by atoms with E-state index in [2.05, 4.69) is 35.4 Å². The van der Waals surface area contributed by atoms with Gasteiger partial charge in [-0.25, -0.2) is 5.84 Å². The summed E-state index contributed by atoms with van der Waals surface area (Å²) in [5, 5.41) is 0. The summed E-state index contributed by atoms with van der Waals surface area (Å²) < 4.78 is 5.25. The molecule has 1 aliphatic rings. The normalized spacial score (nSPS) is 13.9. The van der Waals surface area contributed by atoms with Gasteiger partial charge >= 0.3 is 5.91 Å². The second-order valence-electron chi connectivity index (χ2n) is 5.41. The number of nitrogens with zero attached hydrogens (tertiary/aromatic N) is 1. The highest BCUT2D eigenvalue weighted by Crippen LogP contribution is 2.29. The molecule has 0 radical (unpaired) electrons. The Bertz CT molecular complexity index is 663. The zero-order valence-corrected chi connectivity index (χ0v) is 12.1. The molecule has 2 heterocycles. The zero-order valence-electron chi connectivity index (χ0n) is 12.1. The molecule has 1 aromatic heterocycles. The molecule has 5 heteroatoms. The molecule has 0 unspecified atom stereocenters. The van der Waals surface area contributed by atoms with Gasteiger partial charge in [-0.05, 0) is 37.5 Å². The van der Waals surface area contributed by atoms with Crippen LogP contribution < -0.4 is 16.2 Å². The maximum atomic E-state index is 11.7. The minimum Gasteiger partial charge on any atom is -0.459 e. The molecule has 0 saturated heterocycles. The second-order valence-corrected chi connectivity index (χ2v) is 5.41. The number of carbonyl (C=O) groups is 1. The minimum atomic E-state index is -0.392. The van der Waals surface area contributed by atoms with Crippen LogP contribution in [0.25, 0.3) is 0 Å². The summed E-state index contributed by atoms with van der Waals surface area (Å²) in [4.78, 5) is 14.0. The summed E-state index contributed by atoms with van der Waals surface area (Å²) in [6, 6.07) is 8.35. The highest BCUT2D eigenvalue weighted by molar-refractivity contribution is 5.92.